The Hall–Kier alpha value is -0.860. The monoisotopic (exact) mass is 302 g/mol. The van der Waals surface area contributed by atoms with Gasteiger partial charge in [0.25, 0.3) is 0 Å². The third-order valence-electron chi connectivity index (χ3n) is 3.36. The summed E-state index contributed by atoms with van der Waals surface area (Å²) >= 11 is 6.51. The minimum absolute atomic E-state index is 0.537. The van der Waals surface area contributed by atoms with Gasteiger partial charge in [-0.3, -0.25) is 0 Å². The van der Waals surface area contributed by atoms with Crippen molar-refractivity contribution >= 4 is 24.4 Å². The minimum atomic E-state index is 0.537. The van der Waals surface area contributed by atoms with Crippen molar-refractivity contribution in [2.24, 2.45) is 0 Å². The molecule has 0 amide bonds. The summed E-state index contributed by atoms with van der Waals surface area (Å²) in [5.74, 6) is 3.65. The molecule has 0 aliphatic heterocycles. The highest BCUT2D eigenvalue weighted by Crippen LogP contribution is 2.24. The lowest BCUT2D eigenvalue weighted by molar-refractivity contribution is 0.898. The van der Waals surface area contributed by atoms with E-state index >= 15 is 0 Å². The van der Waals surface area contributed by atoms with Crippen molar-refractivity contribution in [3.8, 4) is 0 Å². The number of thiol groups is 1. The van der Waals surface area contributed by atoms with Gasteiger partial charge in [0.05, 0.1) is 0 Å². The molecule has 0 heterocycles. The Kier molecular flexibility index (Phi) is 6.06. The van der Waals surface area contributed by atoms with Gasteiger partial charge in [-0.2, -0.15) is 24.4 Å². The first-order valence-corrected chi connectivity index (χ1v) is 8.78. The quantitative estimate of drug-likeness (QED) is 0.711. The maximum absolute atomic E-state index is 4.51. The molecule has 0 fully saturated rings. The molecule has 0 saturated carbocycles. The molecule has 1 unspecified atom stereocenters. The van der Waals surface area contributed by atoms with Crippen molar-refractivity contribution in [3.63, 3.8) is 0 Å². The second-order valence-corrected chi connectivity index (χ2v) is 6.70. The number of rotatable bonds is 6. The summed E-state index contributed by atoms with van der Waals surface area (Å²) in [6.45, 7) is 4.34. The molecule has 0 aromatic heterocycles. The molecule has 1 atom stereocenters. The van der Waals surface area contributed by atoms with Crippen molar-refractivity contribution in [2.75, 3.05) is 11.5 Å². The minimum Gasteiger partial charge on any atom is -0.179 e. The lowest BCUT2D eigenvalue weighted by Crippen LogP contribution is -2.04. The Morgan fingerprint density at radius 1 is 1.00 bits per heavy atom. The van der Waals surface area contributed by atoms with E-state index in [0.29, 0.717) is 5.92 Å². The van der Waals surface area contributed by atoms with Gasteiger partial charge in [0.2, 0.25) is 0 Å². The first kappa shape index (κ1) is 15.5. The molecule has 20 heavy (non-hydrogen) atoms. The molecule has 106 valence electrons. The molecule has 0 aliphatic carbocycles. The van der Waals surface area contributed by atoms with Crippen LogP contribution in [0.1, 0.15) is 28.2 Å². The number of hydrogen-bond donors (Lipinski definition) is 1. The van der Waals surface area contributed by atoms with Gasteiger partial charge >= 0.3 is 0 Å². The molecular weight excluding hydrogens is 280 g/mol. The summed E-state index contributed by atoms with van der Waals surface area (Å²) in [5.41, 5.74) is 5.54. The van der Waals surface area contributed by atoms with Crippen LogP contribution in [0, 0.1) is 13.8 Å². The Bertz CT molecular complexity index is 514. The zero-order valence-electron chi connectivity index (χ0n) is 12.2. The average molecular weight is 303 g/mol. The lowest BCUT2D eigenvalue weighted by atomic mass is 10.0. The molecule has 0 radical (unpaired) electrons. The summed E-state index contributed by atoms with van der Waals surface area (Å²) in [4.78, 5) is 0. The van der Waals surface area contributed by atoms with Crippen LogP contribution >= 0.6 is 24.4 Å². The molecule has 2 rings (SSSR count). The zero-order chi connectivity index (χ0) is 14.4. The third kappa shape index (κ3) is 4.60. The van der Waals surface area contributed by atoms with Crippen LogP contribution in [0.15, 0.2) is 48.5 Å². The topological polar surface area (TPSA) is 0 Å². The second kappa shape index (κ2) is 7.80. The third-order valence-corrected chi connectivity index (χ3v) is 4.98. The Morgan fingerprint density at radius 3 is 2.25 bits per heavy atom. The summed E-state index contributed by atoms with van der Waals surface area (Å²) in [5, 5.41) is 0. The van der Waals surface area contributed by atoms with Crippen molar-refractivity contribution in [2.45, 2.75) is 25.5 Å². The Balaban J connectivity index is 1.91. The van der Waals surface area contributed by atoms with Crippen LogP contribution in [-0.4, -0.2) is 11.5 Å². The molecule has 0 aliphatic rings. The zero-order valence-corrected chi connectivity index (χ0v) is 13.9. The molecule has 0 N–H and O–H groups in total. The van der Waals surface area contributed by atoms with Crippen LogP contribution in [0.5, 0.6) is 0 Å². The molecule has 2 aromatic rings. The summed E-state index contributed by atoms with van der Waals surface area (Å²) < 4.78 is 0. The number of benzene rings is 2. The fourth-order valence-electron chi connectivity index (χ4n) is 2.45. The van der Waals surface area contributed by atoms with E-state index in [1.165, 1.54) is 22.3 Å². The van der Waals surface area contributed by atoms with E-state index in [0.717, 1.165) is 17.3 Å². The maximum Gasteiger partial charge on any atom is 0.0184 e. The highest BCUT2D eigenvalue weighted by Gasteiger charge is 2.09. The highest BCUT2D eigenvalue weighted by molar-refractivity contribution is 7.98. The molecule has 0 bridgehead atoms. The van der Waals surface area contributed by atoms with Crippen LogP contribution in [0.3, 0.4) is 0 Å². The van der Waals surface area contributed by atoms with Crippen LogP contribution in [0.4, 0.5) is 0 Å². The maximum atomic E-state index is 4.51. The van der Waals surface area contributed by atoms with Crippen molar-refractivity contribution in [3.05, 3.63) is 70.8 Å². The SMILES string of the molecule is Cc1cc(C)cc(CSCC(CS)c2ccccc2)c1. The molecule has 2 heteroatoms. The van der Waals surface area contributed by atoms with Gasteiger partial charge in [0.15, 0.2) is 0 Å². The summed E-state index contributed by atoms with van der Waals surface area (Å²) in [6, 6.07) is 17.5. The number of aryl methyl sites for hydroxylation is 2. The van der Waals surface area contributed by atoms with Gasteiger partial charge in [-0.05, 0) is 30.7 Å². The first-order valence-electron chi connectivity index (χ1n) is 7.00. The lowest BCUT2D eigenvalue weighted by Gasteiger charge is -2.14. The largest absolute Gasteiger partial charge is 0.179 e. The Morgan fingerprint density at radius 2 is 1.65 bits per heavy atom. The smallest absolute Gasteiger partial charge is 0.0184 e. The fourth-order valence-corrected chi connectivity index (χ4v) is 4.08. The summed E-state index contributed by atoms with van der Waals surface area (Å²) in [7, 11) is 0. The molecule has 0 nitrogen and oxygen atoms in total. The van der Waals surface area contributed by atoms with Crippen molar-refractivity contribution in [1.29, 1.82) is 0 Å². The van der Waals surface area contributed by atoms with Crippen LogP contribution in [0.2, 0.25) is 0 Å². The molecule has 0 spiro atoms. The fraction of sp³-hybridized carbons (Fsp3) is 0.333. The van der Waals surface area contributed by atoms with E-state index in [-0.39, 0.29) is 0 Å². The molecular formula is C18H22S2. The van der Waals surface area contributed by atoms with Crippen LogP contribution in [0.25, 0.3) is 0 Å². The van der Waals surface area contributed by atoms with Crippen molar-refractivity contribution in [1.82, 2.24) is 0 Å². The van der Waals surface area contributed by atoms with E-state index in [2.05, 4.69) is 75.0 Å². The van der Waals surface area contributed by atoms with Gasteiger partial charge < -0.3 is 0 Å². The highest BCUT2D eigenvalue weighted by atomic mass is 32.2. The van der Waals surface area contributed by atoms with Crippen molar-refractivity contribution < 1.29 is 0 Å². The average Bonchev–Trinajstić information content (AvgIpc) is 2.43. The van der Waals surface area contributed by atoms with E-state index in [1.807, 2.05) is 11.8 Å². The molecule has 2 aromatic carbocycles. The van der Waals surface area contributed by atoms with E-state index < -0.39 is 0 Å². The predicted octanol–water partition coefficient (Wildman–Crippen LogP) is 5.25. The van der Waals surface area contributed by atoms with Gasteiger partial charge in [0, 0.05) is 17.4 Å². The van der Waals surface area contributed by atoms with E-state index in [4.69, 9.17) is 0 Å². The second-order valence-electron chi connectivity index (χ2n) is 5.30. The van der Waals surface area contributed by atoms with E-state index in [9.17, 15) is 0 Å². The Labute approximate surface area is 132 Å². The number of hydrogen-bond acceptors (Lipinski definition) is 2. The van der Waals surface area contributed by atoms with Gasteiger partial charge in [-0.25, -0.2) is 0 Å². The van der Waals surface area contributed by atoms with Gasteiger partial charge in [-0.15, -0.1) is 0 Å². The summed E-state index contributed by atoms with van der Waals surface area (Å²) in [6.07, 6.45) is 0. The van der Waals surface area contributed by atoms with Gasteiger partial charge in [0.1, 0.15) is 0 Å². The predicted molar refractivity (Wildman–Crippen MR) is 95.1 cm³/mol. The first-order chi connectivity index (χ1) is 9.69. The molecule has 0 saturated heterocycles. The van der Waals surface area contributed by atoms with E-state index in [1.54, 1.807) is 0 Å². The number of thioether (sulfide) groups is 1. The normalized spacial score (nSPS) is 12.3. The van der Waals surface area contributed by atoms with Crippen LogP contribution < -0.4 is 0 Å². The standard InChI is InChI=1S/C18H22S2/c1-14-8-15(2)10-16(9-14)12-20-13-18(11-19)17-6-4-3-5-7-17/h3-10,18-19H,11-13H2,1-2H3. The van der Waals surface area contributed by atoms with Gasteiger partial charge in [-0.1, -0.05) is 59.7 Å². The van der Waals surface area contributed by atoms with Crippen LogP contribution in [-0.2, 0) is 5.75 Å².